The Hall–Kier alpha value is -1.70. The largest absolute Gasteiger partial charge is 0.386 e. The highest BCUT2D eigenvalue weighted by atomic mass is 32.1. The highest BCUT2D eigenvalue weighted by Crippen LogP contribution is 2.25. The fraction of sp³-hybridized carbons (Fsp3) is 0.167. The van der Waals surface area contributed by atoms with Gasteiger partial charge in [-0.3, -0.25) is 0 Å². The summed E-state index contributed by atoms with van der Waals surface area (Å²) in [5.74, 6) is 0. The molecule has 1 aromatic heterocycles. The Morgan fingerprint density at radius 2 is 2.06 bits per heavy atom. The molecule has 4 heteroatoms. The van der Waals surface area contributed by atoms with Crippen LogP contribution in [0.5, 0.6) is 0 Å². The Morgan fingerprint density at radius 1 is 1.38 bits per heavy atom. The quantitative estimate of drug-likeness (QED) is 0.863. The summed E-state index contributed by atoms with van der Waals surface area (Å²) in [6.45, 7) is 1.70. The minimum absolute atomic E-state index is 0.530. The van der Waals surface area contributed by atoms with E-state index in [-0.39, 0.29) is 0 Å². The maximum Gasteiger partial charge on any atom is 0.122 e. The van der Waals surface area contributed by atoms with Crippen LogP contribution >= 0.6 is 11.3 Å². The number of hydrogen-bond acceptors (Lipinski definition) is 4. The van der Waals surface area contributed by atoms with Crippen LogP contribution in [0.4, 0.5) is 0 Å². The van der Waals surface area contributed by atoms with Crippen molar-refractivity contribution in [2.45, 2.75) is 13.0 Å². The van der Waals surface area contributed by atoms with Gasteiger partial charge in [-0.1, -0.05) is 12.1 Å². The van der Waals surface area contributed by atoms with E-state index in [9.17, 15) is 5.11 Å². The van der Waals surface area contributed by atoms with Gasteiger partial charge in [0.25, 0.3) is 0 Å². The second-order valence-electron chi connectivity index (χ2n) is 3.44. The first-order valence-corrected chi connectivity index (χ1v) is 5.72. The van der Waals surface area contributed by atoms with E-state index in [0.29, 0.717) is 10.6 Å². The first kappa shape index (κ1) is 10.8. The average Bonchev–Trinajstić information content (AvgIpc) is 2.78. The van der Waals surface area contributed by atoms with Crippen molar-refractivity contribution in [3.05, 3.63) is 40.2 Å². The number of rotatable bonds is 2. The van der Waals surface area contributed by atoms with Crippen LogP contribution in [0.2, 0.25) is 0 Å². The molecule has 0 aliphatic carbocycles. The lowest BCUT2D eigenvalue weighted by Gasteiger charge is -1.97. The first-order chi connectivity index (χ1) is 7.70. The molecule has 3 nitrogen and oxygen atoms in total. The third-order valence-electron chi connectivity index (χ3n) is 2.19. The molecule has 2 aromatic rings. The third-order valence-corrected chi connectivity index (χ3v) is 3.20. The lowest BCUT2D eigenvalue weighted by Crippen LogP contribution is -1.89. The van der Waals surface area contributed by atoms with E-state index < -0.39 is 6.10 Å². The highest BCUT2D eigenvalue weighted by Gasteiger charge is 2.08. The molecule has 80 valence electrons. The molecule has 2 rings (SSSR count). The summed E-state index contributed by atoms with van der Waals surface area (Å²) in [6, 6.07) is 9.31. The van der Waals surface area contributed by atoms with Gasteiger partial charge in [0, 0.05) is 10.9 Å². The number of aliphatic hydroxyl groups excluding tert-OH is 1. The second kappa shape index (κ2) is 4.44. The van der Waals surface area contributed by atoms with Crippen molar-refractivity contribution in [3.8, 4) is 17.3 Å². The molecule has 1 N–H and O–H groups in total. The zero-order valence-corrected chi connectivity index (χ0v) is 9.53. The molecule has 1 aromatic carbocycles. The predicted molar refractivity (Wildman–Crippen MR) is 62.9 cm³/mol. The molecular formula is C12H10N2OS. The molecule has 0 aliphatic heterocycles. The molecule has 0 fully saturated rings. The van der Waals surface area contributed by atoms with Gasteiger partial charge in [0.15, 0.2) is 0 Å². The number of nitrogens with zero attached hydrogens (tertiary/aromatic N) is 2. The van der Waals surface area contributed by atoms with Gasteiger partial charge in [0.1, 0.15) is 11.1 Å². The minimum atomic E-state index is -0.530. The molecule has 0 saturated carbocycles. The van der Waals surface area contributed by atoms with Crippen molar-refractivity contribution in [3.63, 3.8) is 0 Å². The van der Waals surface area contributed by atoms with E-state index in [0.717, 1.165) is 11.3 Å². The lowest BCUT2D eigenvalue weighted by atomic mass is 10.1. The van der Waals surface area contributed by atoms with E-state index in [1.165, 1.54) is 11.3 Å². The Balaban J connectivity index is 2.32. The predicted octanol–water partition coefficient (Wildman–Crippen LogP) is 2.74. The number of aliphatic hydroxyl groups is 1. The van der Waals surface area contributed by atoms with Gasteiger partial charge in [-0.25, -0.2) is 4.98 Å². The van der Waals surface area contributed by atoms with Crippen LogP contribution in [0.3, 0.4) is 0 Å². The number of hydrogen-bond donors (Lipinski definition) is 1. The first-order valence-electron chi connectivity index (χ1n) is 4.84. The number of benzene rings is 1. The molecule has 1 unspecified atom stereocenters. The van der Waals surface area contributed by atoms with Gasteiger partial charge in [-0.2, -0.15) is 5.26 Å². The molecule has 0 amide bonds. The monoisotopic (exact) mass is 230 g/mol. The third kappa shape index (κ3) is 2.11. The summed E-state index contributed by atoms with van der Waals surface area (Å²) in [6.07, 6.45) is -0.530. The van der Waals surface area contributed by atoms with Crippen LogP contribution in [-0.4, -0.2) is 10.1 Å². The molecule has 0 spiro atoms. The van der Waals surface area contributed by atoms with Gasteiger partial charge in [-0.15, -0.1) is 11.3 Å². The molecule has 0 saturated heterocycles. The Morgan fingerprint density at radius 3 is 2.56 bits per heavy atom. The Bertz CT molecular complexity index is 523. The van der Waals surface area contributed by atoms with Crippen molar-refractivity contribution in [2.75, 3.05) is 0 Å². The maximum atomic E-state index is 9.37. The smallest absolute Gasteiger partial charge is 0.122 e. The summed E-state index contributed by atoms with van der Waals surface area (Å²) >= 11 is 1.44. The zero-order chi connectivity index (χ0) is 11.5. The van der Waals surface area contributed by atoms with Crippen molar-refractivity contribution in [1.29, 1.82) is 5.26 Å². The van der Waals surface area contributed by atoms with E-state index in [2.05, 4.69) is 11.1 Å². The minimum Gasteiger partial charge on any atom is -0.386 e. The summed E-state index contributed by atoms with van der Waals surface area (Å²) in [4.78, 5) is 4.32. The standard InChI is InChI=1S/C12H10N2OS/c1-8(15)12-14-11(7-16-12)10-4-2-9(6-13)3-5-10/h2-5,7-8,15H,1H3. The van der Waals surface area contributed by atoms with Gasteiger partial charge < -0.3 is 5.11 Å². The van der Waals surface area contributed by atoms with Gasteiger partial charge in [0.2, 0.25) is 0 Å². The summed E-state index contributed by atoms with van der Waals surface area (Å²) in [5.41, 5.74) is 2.43. The maximum absolute atomic E-state index is 9.37. The fourth-order valence-corrected chi connectivity index (χ4v) is 2.10. The van der Waals surface area contributed by atoms with Crippen LogP contribution in [0.25, 0.3) is 11.3 Å². The molecule has 1 heterocycles. The topological polar surface area (TPSA) is 56.9 Å². The average molecular weight is 230 g/mol. The van der Waals surface area contributed by atoms with Crippen molar-refractivity contribution in [1.82, 2.24) is 4.98 Å². The number of aromatic nitrogens is 1. The zero-order valence-electron chi connectivity index (χ0n) is 8.71. The fourth-order valence-electron chi connectivity index (χ4n) is 1.33. The van der Waals surface area contributed by atoms with Crippen LogP contribution in [0.15, 0.2) is 29.6 Å². The van der Waals surface area contributed by atoms with E-state index in [1.54, 1.807) is 19.1 Å². The van der Waals surface area contributed by atoms with Gasteiger partial charge >= 0.3 is 0 Å². The van der Waals surface area contributed by atoms with E-state index in [1.807, 2.05) is 17.5 Å². The van der Waals surface area contributed by atoms with Crippen molar-refractivity contribution < 1.29 is 5.11 Å². The van der Waals surface area contributed by atoms with Crippen LogP contribution in [0.1, 0.15) is 23.6 Å². The Kier molecular flexibility index (Phi) is 3.00. The molecule has 1 atom stereocenters. The molecule has 0 radical (unpaired) electrons. The van der Waals surface area contributed by atoms with Crippen LogP contribution < -0.4 is 0 Å². The molecular weight excluding hydrogens is 220 g/mol. The number of thiazole rings is 1. The summed E-state index contributed by atoms with van der Waals surface area (Å²) in [5, 5.41) is 20.7. The van der Waals surface area contributed by atoms with Crippen LogP contribution in [0, 0.1) is 11.3 Å². The molecule has 16 heavy (non-hydrogen) atoms. The molecule has 0 aliphatic rings. The normalized spacial score (nSPS) is 12.1. The van der Waals surface area contributed by atoms with Crippen molar-refractivity contribution >= 4 is 11.3 Å². The van der Waals surface area contributed by atoms with E-state index in [4.69, 9.17) is 5.26 Å². The van der Waals surface area contributed by atoms with Gasteiger partial charge in [-0.05, 0) is 19.1 Å². The number of nitriles is 1. The van der Waals surface area contributed by atoms with Crippen LogP contribution in [-0.2, 0) is 0 Å². The lowest BCUT2D eigenvalue weighted by molar-refractivity contribution is 0.199. The van der Waals surface area contributed by atoms with Crippen molar-refractivity contribution in [2.24, 2.45) is 0 Å². The van der Waals surface area contributed by atoms with E-state index >= 15 is 0 Å². The highest BCUT2D eigenvalue weighted by molar-refractivity contribution is 7.10. The second-order valence-corrected chi connectivity index (χ2v) is 4.33. The summed E-state index contributed by atoms with van der Waals surface area (Å²) < 4.78 is 0. The molecule has 0 bridgehead atoms. The SMILES string of the molecule is CC(O)c1nc(-c2ccc(C#N)cc2)cs1. The Labute approximate surface area is 97.6 Å². The van der Waals surface area contributed by atoms with Gasteiger partial charge in [0.05, 0.1) is 17.3 Å². The summed E-state index contributed by atoms with van der Waals surface area (Å²) in [7, 11) is 0.